The van der Waals surface area contributed by atoms with Crippen LogP contribution in [0.25, 0.3) is 22.4 Å². The Kier molecular flexibility index (Phi) is 5.81. The highest BCUT2D eigenvalue weighted by Crippen LogP contribution is 2.33. The molecule has 7 rings (SSSR count). The molecule has 3 aliphatic rings. The zero-order valence-electron chi connectivity index (χ0n) is 21.1. The summed E-state index contributed by atoms with van der Waals surface area (Å²) in [4.78, 5) is 32.7. The molecule has 2 aromatic heterocycles. The minimum Gasteiger partial charge on any atom is -0.357 e. The van der Waals surface area contributed by atoms with Gasteiger partial charge in [-0.05, 0) is 67.5 Å². The highest BCUT2D eigenvalue weighted by molar-refractivity contribution is 6.34. The molecule has 5 heterocycles. The van der Waals surface area contributed by atoms with Crippen molar-refractivity contribution < 1.29 is 4.79 Å². The standard InChI is InChI=1S/C30H29ClN6O/c31-25-8-5-22(29-33-26-18-28(32-19-27(26)34-29)36-11-1-2-12-36)17-24(25)30(38)37-13-9-21(10-14-37)20-3-6-23(7-4-20)35-15-16-35/h3-8,15-19,21H,1-2,9-14H2,(H,33,34). The van der Waals surface area contributed by atoms with E-state index in [2.05, 4.69) is 56.4 Å². The number of hydrogen-bond donors (Lipinski definition) is 1. The molecule has 0 radical (unpaired) electrons. The quantitative estimate of drug-likeness (QED) is 0.337. The van der Waals surface area contributed by atoms with Crippen LogP contribution in [-0.4, -0.2) is 51.9 Å². The Balaban J connectivity index is 1.07. The number of benzene rings is 2. The monoisotopic (exact) mass is 524 g/mol. The van der Waals surface area contributed by atoms with E-state index in [4.69, 9.17) is 16.6 Å². The number of carbonyl (C=O) groups excluding carboxylic acids is 1. The Labute approximate surface area is 226 Å². The summed E-state index contributed by atoms with van der Waals surface area (Å²) in [6.07, 6.45) is 10.2. The number of pyridine rings is 1. The fraction of sp³-hybridized carbons (Fsp3) is 0.300. The van der Waals surface area contributed by atoms with E-state index in [1.165, 1.54) is 24.1 Å². The molecule has 0 bridgehead atoms. The Morgan fingerprint density at radius 2 is 1.71 bits per heavy atom. The number of amides is 1. The van der Waals surface area contributed by atoms with Crippen LogP contribution < -0.4 is 9.80 Å². The van der Waals surface area contributed by atoms with Gasteiger partial charge in [-0.15, -0.1) is 0 Å². The van der Waals surface area contributed by atoms with E-state index in [-0.39, 0.29) is 5.91 Å². The molecule has 0 atom stereocenters. The highest BCUT2D eigenvalue weighted by atomic mass is 35.5. The zero-order chi connectivity index (χ0) is 25.6. The fourth-order valence-corrected chi connectivity index (χ4v) is 5.90. The maximum absolute atomic E-state index is 13.5. The topological polar surface area (TPSA) is 68.1 Å². The van der Waals surface area contributed by atoms with Crippen LogP contribution in [0.5, 0.6) is 0 Å². The summed E-state index contributed by atoms with van der Waals surface area (Å²) in [5, 5.41) is 0.467. The lowest BCUT2D eigenvalue weighted by Gasteiger charge is -2.32. The Morgan fingerprint density at radius 3 is 2.45 bits per heavy atom. The number of aromatic nitrogens is 3. The van der Waals surface area contributed by atoms with E-state index in [0.717, 1.165) is 61.4 Å². The second kappa shape index (κ2) is 9.48. The van der Waals surface area contributed by atoms with Crippen LogP contribution >= 0.6 is 11.6 Å². The average molecular weight is 525 g/mol. The van der Waals surface area contributed by atoms with Gasteiger partial charge in [-0.3, -0.25) is 4.79 Å². The lowest BCUT2D eigenvalue weighted by molar-refractivity contribution is 0.0713. The van der Waals surface area contributed by atoms with Crippen LogP contribution in [0.3, 0.4) is 0 Å². The molecule has 8 heteroatoms. The van der Waals surface area contributed by atoms with Crippen molar-refractivity contribution in [2.45, 2.75) is 31.6 Å². The van der Waals surface area contributed by atoms with Gasteiger partial charge in [-0.1, -0.05) is 23.7 Å². The van der Waals surface area contributed by atoms with Gasteiger partial charge in [0.2, 0.25) is 0 Å². The van der Waals surface area contributed by atoms with Crippen LogP contribution in [0.4, 0.5) is 11.5 Å². The predicted octanol–water partition coefficient (Wildman–Crippen LogP) is 6.19. The number of nitrogens with zero attached hydrogens (tertiary/aromatic N) is 5. The van der Waals surface area contributed by atoms with Gasteiger partial charge in [0.1, 0.15) is 11.6 Å². The summed E-state index contributed by atoms with van der Waals surface area (Å²) in [5.41, 5.74) is 5.66. The lowest BCUT2D eigenvalue weighted by Crippen LogP contribution is -2.38. The minimum atomic E-state index is -0.0210. The molecule has 0 saturated carbocycles. The Hall–Kier alpha value is -3.84. The third kappa shape index (κ3) is 4.41. The van der Waals surface area contributed by atoms with Gasteiger partial charge in [0, 0.05) is 55.9 Å². The number of H-pyrrole nitrogens is 1. The van der Waals surface area contributed by atoms with E-state index < -0.39 is 0 Å². The molecular weight excluding hydrogens is 496 g/mol. The number of aromatic amines is 1. The van der Waals surface area contributed by atoms with Crippen LogP contribution in [-0.2, 0) is 0 Å². The van der Waals surface area contributed by atoms with Crippen LogP contribution in [0.1, 0.15) is 47.5 Å². The minimum absolute atomic E-state index is 0.0210. The highest BCUT2D eigenvalue weighted by Gasteiger charge is 2.26. The molecule has 7 nitrogen and oxygen atoms in total. The number of rotatable bonds is 5. The third-order valence-corrected chi connectivity index (χ3v) is 8.33. The fourth-order valence-electron chi connectivity index (χ4n) is 5.70. The van der Waals surface area contributed by atoms with Crippen LogP contribution in [0.2, 0.25) is 5.02 Å². The van der Waals surface area contributed by atoms with Crippen molar-refractivity contribution >= 4 is 40.0 Å². The number of hydrogen-bond acceptors (Lipinski definition) is 5. The second-order valence-corrected chi connectivity index (χ2v) is 10.8. The first-order chi connectivity index (χ1) is 18.6. The van der Waals surface area contributed by atoms with Gasteiger partial charge < -0.3 is 19.7 Å². The summed E-state index contributed by atoms with van der Waals surface area (Å²) in [6.45, 7) is 3.51. The molecule has 1 amide bonds. The van der Waals surface area contributed by atoms with E-state index >= 15 is 0 Å². The first-order valence-electron chi connectivity index (χ1n) is 13.4. The summed E-state index contributed by atoms with van der Waals surface area (Å²) < 4.78 is 0. The molecule has 2 aromatic carbocycles. The number of halogens is 1. The normalized spacial score (nSPS) is 17.6. The largest absolute Gasteiger partial charge is 0.357 e. The molecule has 38 heavy (non-hydrogen) atoms. The molecule has 0 spiro atoms. The van der Waals surface area contributed by atoms with E-state index in [1.807, 2.05) is 29.3 Å². The zero-order valence-corrected chi connectivity index (χ0v) is 21.9. The Morgan fingerprint density at radius 1 is 0.947 bits per heavy atom. The van der Waals surface area contributed by atoms with Crippen molar-refractivity contribution in [1.82, 2.24) is 19.9 Å². The van der Waals surface area contributed by atoms with Gasteiger partial charge >= 0.3 is 0 Å². The molecule has 3 aliphatic heterocycles. The number of fused-ring (bicyclic) bond motifs is 1. The first-order valence-corrected chi connectivity index (χ1v) is 13.8. The molecule has 0 aliphatic carbocycles. The first kappa shape index (κ1) is 23.3. The number of anilines is 2. The average Bonchev–Trinajstić information content (AvgIpc) is 3.48. The number of carbonyl (C=O) groups is 1. The molecule has 192 valence electrons. The van der Waals surface area contributed by atoms with Crippen LogP contribution in [0.15, 0.2) is 67.1 Å². The van der Waals surface area contributed by atoms with E-state index in [9.17, 15) is 4.79 Å². The Bertz CT molecular complexity index is 1520. The maximum Gasteiger partial charge on any atom is 0.255 e. The van der Waals surface area contributed by atoms with Crippen molar-refractivity contribution in [3.63, 3.8) is 0 Å². The maximum atomic E-state index is 13.5. The summed E-state index contributed by atoms with van der Waals surface area (Å²) >= 11 is 6.54. The molecular formula is C30H29ClN6O. The van der Waals surface area contributed by atoms with Crippen molar-refractivity contribution in [2.75, 3.05) is 36.0 Å². The van der Waals surface area contributed by atoms with Gasteiger partial charge in [0.25, 0.3) is 5.91 Å². The molecule has 2 saturated heterocycles. The third-order valence-electron chi connectivity index (χ3n) is 8.00. The summed E-state index contributed by atoms with van der Waals surface area (Å²) in [6, 6.07) is 16.4. The number of likely N-dealkylation sites (tertiary alicyclic amines) is 1. The lowest BCUT2D eigenvalue weighted by atomic mass is 9.89. The summed E-state index contributed by atoms with van der Waals surface area (Å²) in [5.74, 6) is 2.13. The van der Waals surface area contributed by atoms with Crippen molar-refractivity contribution in [3.8, 4) is 11.4 Å². The number of piperidine rings is 1. The smallest absolute Gasteiger partial charge is 0.255 e. The number of nitrogens with one attached hydrogen (secondary N) is 1. The van der Waals surface area contributed by atoms with Gasteiger partial charge in [-0.2, -0.15) is 0 Å². The predicted molar refractivity (Wildman–Crippen MR) is 152 cm³/mol. The molecule has 0 unspecified atom stereocenters. The van der Waals surface area contributed by atoms with Gasteiger partial charge in [-0.25, -0.2) is 9.97 Å². The van der Waals surface area contributed by atoms with Crippen LogP contribution in [0, 0.1) is 0 Å². The van der Waals surface area contributed by atoms with Crippen molar-refractivity contribution in [2.24, 2.45) is 0 Å². The number of imidazole rings is 1. The van der Waals surface area contributed by atoms with Crippen molar-refractivity contribution in [3.05, 3.63) is 83.3 Å². The van der Waals surface area contributed by atoms with E-state index in [0.29, 0.717) is 22.3 Å². The SMILES string of the molecule is O=C(c1cc(-c2nc3cc(N4CCCC4)ncc3[nH]2)ccc1Cl)N1CCC(c2ccc(N3C=C3)cc2)CC1. The second-order valence-electron chi connectivity index (χ2n) is 10.4. The molecule has 4 aromatic rings. The van der Waals surface area contributed by atoms with Gasteiger partial charge in [0.05, 0.1) is 27.8 Å². The molecule has 1 N–H and O–H groups in total. The molecule has 2 fully saturated rings. The van der Waals surface area contributed by atoms with Crippen molar-refractivity contribution in [1.29, 1.82) is 0 Å². The van der Waals surface area contributed by atoms with Gasteiger partial charge in [0.15, 0.2) is 0 Å². The summed E-state index contributed by atoms with van der Waals surface area (Å²) in [7, 11) is 0. The van der Waals surface area contributed by atoms with E-state index in [1.54, 1.807) is 6.07 Å².